The number of aliphatic carboxylic acids is 1. The summed E-state index contributed by atoms with van der Waals surface area (Å²) in [5, 5.41) is 9.20. The summed E-state index contributed by atoms with van der Waals surface area (Å²) in [6, 6.07) is 7.58. The molecule has 0 amide bonds. The van der Waals surface area contributed by atoms with Crippen molar-refractivity contribution in [3.05, 3.63) is 51.5 Å². The first kappa shape index (κ1) is 20.9. The van der Waals surface area contributed by atoms with Crippen LogP contribution in [0.5, 0.6) is 17.2 Å². The molecule has 2 aromatic rings. The van der Waals surface area contributed by atoms with Crippen LogP contribution in [0.1, 0.15) is 28.7 Å². The molecular weight excluding hydrogens is 368 g/mol. The van der Waals surface area contributed by atoms with Crippen molar-refractivity contribution in [2.24, 2.45) is 0 Å². The maximum Gasteiger partial charge on any atom is 0.303 e. The van der Waals surface area contributed by atoms with Crippen molar-refractivity contribution >= 4 is 17.6 Å². The molecule has 0 saturated carbocycles. The Hall–Kier alpha value is -2.40. The Morgan fingerprint density at radius 3 is 2.41 bits per heavy atom. The molecular formula is C21H25ClO5. The molecule has 0 aliphatic heterocycles. The number of aryl methyl sites for hydroxylation is 3. The fourth-order valence-corrected chi connectivity index (χ4v) is 3.04. The molecule has 27 heavy (non-hydrogen) atoms. The van der Waals surface area contributed by atoms with Crippen molar-refractivity contribution < 1.29 is 24.1 Å². The lowest BCUT2D eigenvalue weighted by molar-refractivity contribution is -0.136. The van der Waals surface area contributed by atoms with Crippen molar-refractivity contribution in [2.75, 3.05) is 20.3 Å². The highest BCUT2D eigenvalue weighted by molar-refractivity contribution is 6.32. The van der Waals surface area contributed by atoms with Crippen molar-refractivity contribution in [3.8, 4) is 17.2 Å². The third kappa shape index (κ3) is 5.79. The number of hydrogen-bond donors (Lipinski definition) is 1. The summed E-state index contributed by atoms with van der Waals surface area (Å²) < 4.78 is 17.0. The molecule has 2 aromatic carbocycles. The number of ether oxygens (including phenoxy) is 3. The summed E-state index contributed by atoms with van der Waals surface area (Å²) in [5.74, 6) is 0.895. The lowest BCUT2D eigenvalue weighted by atomic mass is 10.1. The number of benzene rings is 2. The minimum absolute atomic E-state index is 0.0305. The third-order valence-electron chi connectivity index (χ3n) is 4.27. The van der Waals surface area contributed by atoms with E-state index < -0.39 is 5.97 Å². The van der Waals surface area contributed by atoms with Gasteiger partial charge in [0, 0.05) is 6.42 Å². The van der Waals surface area contributed by atoms with Gasteiger partial charge in [0.25, 0.3) is 0 Å². The Labute approximate surface area is 164 Å². The van der Waals surface area contributed by atoms with E-state index in [1.165, 1.54) is 12.7 Å². The average molecular weight is 393 g/mol. The Balaban J connectivity index is 2.00. The monoisotopic (exact) mass is 392 g/mol. The normalized spacial score (nSPS) is 10.6. The van der Waals surface area contributed by atoms with Gasteiger partial charge in [-0.2, -0.15) is 0 Å². The summed E-state index contributed by atoms with van der Waals surface area (Å²) in [7, 11) is 1.52. The molecule has 0 bridgehead atoms. The second kappa shape index (κ2) is 9.51. The molecule has 0 aromatic heterocycles. The highest BCUT2D eigenvalue weighted by Crippen LogP contribution is 2.36. The van der Waals surface area contributed by atoms with E-state index in [4.69, 9.17) is 30.9 Å². The number of methoxy groups -OCH3 is 1. The lowest BCUT2D eigenvalue weighted by Gasteiger charge is -2.16. The predicted octanol–water partition coefficient (Wildman–Crippen LogP) is 4.75. The minimum atomic E-state index is -0.857. The zero-order valence-electron chi connectivity index (χ0n) is 16.1. The Kier molecular flexibility index (Phi) is 7.36. The van der Waals surface area contributed by atoms with Gasteiger partial charge in [-0.1, -0.05) is 17.7 Å². The van der Waals surface area contributed by atoms with Crippen molar-refractivity contribution in [1.82, 2.24) is 0 Å². The number of carboxylic acids is 1. The van der Waals surface area contributed by atoms with E-state index in [0.717, 1.165) is 22.4 Å². The van der Waals surface area contributed by atoms with Gasteiger partial charge in [0.2, 0.25) is 0 Å². The van der Waals surface area contributed by atoms with Crippen LogP contribution in [0.3, 0.4) is 0 Å². The fraction of sp³-hybridized carbons (Fsp3) is 0.381. The van der Waals surface area contributed by atoms with Crippen molar-refractivity contribution in [3.63, 3.8) is 0 Å². The first-order chi connectivity index (χ1) is 12.8. The molecule has 0 saturated heterocycles. The summed E-state index contributed by atoms with van der Waals surface area (Å²) >= 11 is 6.30. The topological polar surface area (TPSA) is 65.0 Å². The molecule has 0 atom stereocenters. The standard InChI is InChI=1S/C21H25ClO5/c1-13-9-14(2)15(3)18(10-13)26-7-8-27-21-17(22)11-16(5-6-20(23)24)12-19(21)25-4/h9-12H,5-8H2,1-4H3,(H,23,24). The zero-order chi connectivity index (χ0) is 20.0. The molecule has 0 aliphatic rings. The molecule has 2 rings (SSSR count). The van der Waals surface area contributed by atoms with Crippen LogP contribution in [0, 0.1) is 20.8 Å². The summed E-state index contributed by atoms with van der Waals surface area (Å²) in [6.45, 7) is 6.79. The zero-order valence-corrected chi connectivity index (χ0v) is 16.9. The number of halogens is 1. The second-order valence-corrected chi connectivity index (χ2v) is 6.81. The molecule has 6 heteroatoms. The summed E-state index contributed by atoms with van der Waals surface area (Å²) in [6.07, 6.45) is 0.406. The third-order valence-corrected chi connectivity index (χ3v) is 4.55. The number of rotatable bonds is 9. The lowest BCUT2D eigenvalue weighted by Crippen LogP contribution is -2.11. The number of carboxylic acid groups (broad SMARTS) is 1. The van der Waals surface area contributed by atoms with Crippen molar-refractivity contribution in [1.29, 1.82) is 0 Å². The Morgan fingerprint density at radius 2 is 1.74 bits per heavy atom. The number of hydrogen-bond acceptors (Lipinski definition) is 4. The fourth-order valence-electron chi connectivity index (χ4n) is 2.75. The van der Waals surface area contributed by atoms with Crippen LogP contribution in [0.4, 0.5) is 0 Å². The SMILES string of the molecule is COc1cc(CCC(=O)O)cc(Cl)c1OCCOc1cc(C)cc(C)c1C. The molecule has 0 unspecified atom stereocenters. The molecule has 0 aliphatic carbocycles. The van der Waals surface area contributed by atoms with Gasteiger partial charge in [-0.15, -0.1) is 0 Å². The highest BCUT2D eigenvalue weighted by atomic mass is 35.5. The average Bonchev–Trinajstić information content (AvgIpc) is 2.61. The van der Waals surface area contributed by atoms with Gasteiger partial charge in [0.05, 0.1) is 12.1 Å². The first-order valence-electron chi connectivity index (χ1n) is 8.73. The molecule has 0 heterocycles. The van der Waals surface area contributed by atoms with E-state index in [-0.39, 0.29) is 6.42 Å². The minimum Gasteiger partial charge on any atom is -0.493 e. The quantitative estimate of drug-likeness (QED) is 0.624. The maximum absolute atomic E-state index is 10.7. The van der Waals surface area contributed by atoms with Gasteiger partial charge in [-0.05, 0) is 67.6 Å². The van der Waals surface area contributed by atoms with E-state index in [0.29, 0.717) is 36.2 Å². The van der Waals surface area contributed by atoms with Gasteiger partial charge in [-0.3, -0.25) is 4.79 Å². The van der Waals surface area contributed by atoms with Crippen LogP contribution < -0.4 is 14.2 Å². The van der Waals surface area contributed by atoms with Gasteiger partial charge < -0.3 is 19.3 Å². The summed E-state index contributed by atoms with van der Waals surface area (Å²) in [5.41, 5.74) is 4.23. The molecule has 146 valence electrons. The van der Waals surface area contributed by atoms with E-state index in [9.17, 15) is 4.79 Å². The molecule has 0 radical (unpaired) electrons. The van der Waals surface area contributed by atoms with Gasteiger partial charge in [0.15, 0.2) is 11.5 Å². The van der Waals surface area contributed by atoms with Crippen LogP contribution >= 0.6 is 11.6 Å². The van der Waals surface area contributed by atoms with Crippen LogP contribution in [0.2, 0.25) is 5.02 Å². The van der Waals surface area contributed by atoms with E-state index in [1.54, 1.807) is 12.1 Å². The van der Waals surface area contributed by atoms with E-state index in [1.807, 2.05) is 19.9 Å². The smallest absolute Gasteiger partial charge is 0.303 e. The van der Waals surface area contributed by atoms with Crippen LogP contribution in [0.15, 0.2) is 24.3 Å². The largest absolute Gasteiger partial charge is 0.493 e. The molecule has 5 nitrogen and oxygen atoms in total. The summed E-state index contributed by atoms with van der Waals surface area (Å²) in [4.78, 5) is 10.7. The van der Waals surface area contributed by atoms with Gasteiger partial charge in [-0.25, -0.2) is 0 Å². The van der Waals surface area contributed by atoms with E-state index in [2.05, 4.69) is 13.0 Å². The molecule has 0 spiro atoms. The molecule has 0 fully saturated rings. The van der Waals surface area contributed by atoms with Gasteiger partial charge >= 0.3 is 5.97 Å². The maximum atomic E-state index is 10.7. The van der Waals surface area contributed by atoms with Gasteiger partial charge in [0.1, 0.15) is 19.0 Å². The van der Waals surface area contributed by atoms with Crippen LogP contribution in [-0.4, -0.2) is 31.4 Å². The Morgan fingerprint density at radius 1 is 1.04 bits per heavy atom. The van der Waals surface area contributed by atoms with Crippen molar-refractivity contribution in [2.45, 2.75) is 33.6 Å². The Bertz CT molecular complexity index is 817. The number of carbonyl (C=O) groups is 1. The second-order valence-electron chi connectivity index (χ2n) is 6.40. The molecule has 1 N–H and O–H groups in total. The van der Waals surface area contributed by atoms with E-state index >= 15 is 0 Å². The van der Waals surface area contributed by atoms with Crippen LogP contribution in [0.25, 0.3) is 0 Å². The highest BCUT2D eigenvalue weighted by Gasteiger charge is 2.13. The predicted molar refractivity (Wildman–Crippen MR) is 106 cm³/mol. The first-order valence-corrected chi connectivity index (χ1v) is 9.11. The van der Waals surface area contributed by atoms with Crippen LogP contribution in [-0.2, 0) is 11.2 Å².